The monoisotopic (exact) mass is 399 g/mol. The van der Waals surface area contributed by atoms with Crippen LogP contribution in [0.3, 0.4) is 0 Å². The number of hydrogen-bond acceptors (Lipinski definition) is 3. The van der Waals surface area contributed by atoms with E-state index in [0.29, 0.717) is 25.4 Å². The van der Waals surface area contributed by atoms with Crippen molar-refractivity contribution in [3.63, 3.8) is 0 Å². The van der Waals surface area contributed by atoms with Crippen LogP contribution in [-0.4, -0.2) is 37.3 Å². The highest BCUT2D eigenvalue weighted by Gasteiger charge is 2.65. The van der Waals surface area contributed by atoms with Crippen molar-refractivity contribution in [3.05, 3.63) is 41.5 Å². The molecule has 0 aromatic heterocycles. The lowest BCUT2D eigenvalue weighted by atomic mass is 9.70. The van der Waals surface area contributed by atoms with E-state index in [1.807, 2.05) is 0 Å². The van der Waals surface area contributed by atoms with Gasteiger partial charge in [-0.1, -0.05) is 50.3 Å². The van der Waals surface area contributed by atoms with Crippen molar-refractivity contribution in [3.8, 4) is 0 Å². The van der Waals surface area contributed by atoms with E-state index < -0.39 is 15.4 Å². The van der Waals surface area contributed by atoms with Crippen molar-refractivity contribution >= 4 is 21.9 Å². The van der Waals surface area contributed by atoms with E-state index in [9.17, 15) is 13.2 Å². The largest absolute Gasteiger partial charge is 0.299 e. The third-order valence-corrected chi connectivity index (χ3v) is 10.7. The number of hydrogen-bond donors (Lipinski definition) is 0. The third-order valence-electron chi connectivity index (χ3n) is 8.66. The summed E-state index contributed by atoms with van der Waals surface area (Å²) in [7, 11) is -3.45. The summed E-state index contributed by atoms with van der Waals surface area (Å²) in [5.74, 6) is 0.528. The molecule has 1 heterocycles. The second-order valence-corrected chi connectivity index (χ2v) is 11.9. The normalized spacial score (nSPS) is 32.9. The number of sulfonamides is 1. The summed E-state index contributed by atoms with van der Waals surface area (Å²) in [5, 5.41) is 0. The molecule has 2 bridgehead atoms. The zero-order valence-corrected chi connectivity index (χ0v) is 17.6. The predicted octanol–water partition coefficient (Wildman–Crippen LogP) is 3.77. The number of carbonyl (C=O) groups is 1. The van der Waals surface area contributed by atoms with Gasteiger partial charge in [0.25, 0.3) is 0 Å². The van der Waals surface area contributed by atoms with Gasteiger partial charge in [-0.05, 0) is 48.1 Å². The highest BCUT2D eigenvalue weighted by Crippen LogP contribution is 2.64. The van der Waals surface area contributed by atoms with Gasteiger partial charge in [-0.2, -0.15) is 0 Å². The van der Waals surface area contributed by atoms with E-state index >= 15 is 0 Å². The Labute approximate surface area is 168 Å². The third kappa shape index (κ3) is 2.32. The number of allylic oxidation sites excluding steroid dienone is 1. The molecule has 5 rings (SSSR count). The molecular formula is C23H29NO3S. The number of ketones is 1. The van der Waals surface area contributed by atoms with Crippen LogP contribution in [0.2, 0.25) is 0 Å². The maximum atomic E-state index is 13.4. The summed E-state index contributed by atoms with van der Waals surface area (Å²) in [6, 6.07) is 8.43. The van der Waals surface area contributed by atoms with Crippen LogP contribution in [0.5, 0.6) is 0 Å². The summed E-state index contributed by atoms with van der Waals surface area (Å²) in [4.78, 5) is 12.8. The lowest BCUT2D eigenvalue weighted by Gasteiger charge is -2.41. The van der Waals surface area contributed by atoms with Gasteiger partial charge >= 0.3 is 0 Å². The van der Waals surface area contributed by atoms with E-state index in [1.54, 1.807) is 4.31 Å². The van der Waals surface area contributed by atoms with Gasteiger partial charge in [-0.25, -0.2) is 12.7 Å². The van der Waals surface area contributed by atoms with Gasteiger partial charge in [0.1, 0.15) is 5.78 Å². The molecule has 1 saturated heterocycles. The molecular weight excluding hydrogens is 370 g/mol. The summed E-state index contributed by atoms with van der Waals surface area (Å²) < 4.78 is 28.4. The number of rotatable bonds is 3. The van der Waals surface area contributed by atoms with Crippen LogP contribution in [0.15, 0.2) is 30.3 Å². The molecule has 1 aliphatic heterocycles. The van der Waals surface area contributed by atoms with E-state index in [0.717, 1.165) is 25.7 Å². The van der Waals surface area contributed by atoms with Gasteiger partial charge in [0, 0.05) is 30.3 Å². The Kier molecular flexibility index (Phi) is 3.84. The fourth-order valence-corrected chi connectivity index (χ4v) is 8.77. The van der Waals surface area contributed by atoms with E-state index in [-0.39, 0.29) is 22.4 Å². The van der Waals surface area contributed by atoms with Gasteiger partial charge in [0.05, 0.1) is 5.75 Å². The lowest BCUT2D eigenvalue weighted by Crippen LogP contribution is -2.50. The molecule has 4 aliphatic rings. The Balaban J connectivity index is 1.36. The van der Waals surface area contributed by atoms with Crippen molar-refractivity contribution in [1.29, 1.82) is 0 Å². The number of piperidine rings is 1. The Morgan fingerprint density at radius 1 is 1.11 bits per heavy atom. The number of benzene rings is 1. The van der Waals surface area contributed by atoms with Crippen LogP contribution in [0.25, 0.3) is 6.08 Å². The molecule has 2 saturated carbocycles. The molecule has 3 fully saturated rings. The number of fused-ring (bicyclic) bond motifs is 4. The highest BCUT2D eigenvalue weighted by molar-refractivity contribution is 7.89. The molecule has 1 spiro atoms. The van der Waals surface area contributed by atoms with Gasteiger partial charge in [-0.3, -0.25) is 4.79 Å². The second kappa shape index (κ2) is 5.79. The van der Waals surface area contributed by atoms with Crippen molar-refractivity contribution in [2.75, 3.05) is 18.8 Å². The van der Waals surface area contributed by atoms with Crippen LogP contribution in [0.4, 0.5) is 0 Å². The zero-order chi connectivity index (χ0) is 19.8. The molecule has 1 aromatic carbocycles. The minimum Gasteiger partial charge on any atom is -0.299 e. The quantitative estimate of drug-likeness (QED) is 0.777. The van der Waals surface area contributed by atoms with Gasteiger partial charge < -0.3 is 0 Å². The van der Waals surface area contributed by atoms with E-state index in [1.165, 1.54) is 11.1 Å². The summed E-state index contributed by atoms with van der Waals surface area (Å²) in [5.41, 5.74) is 1.68. The van der Waals surface area contributed by atoms with E-state index in [2.05, 4.69) is 50.3 Å². The zero-order valence-electron chi connectivity index (χ0n) is 16.8. The Bertz CT molecular complexity index is 969. The first-order valence-corrected chi connectivity index (χ1v) is 12.1. The van der Waals surface area contributed by atoms with E-state index in [4.69, 9.17) is 0 Å². The molecule has 2 unspecified atom stereocenters. The average molecular weight is 400 g/mol. The fraction of sp³-hybridized carbons (Fsp3) is 0.609. The molecule has 28 heavy (non-hydrogen) atoms. The molecule has 4 nitrogen and oxygen atoms in total. The standard InChI is InChI=1S/C23H29NO3S/c1-21(2)18-8-10-23(21,20(25)15-18)16-28(26,27)24-13-11-22(12-14-24)9-7-17-5-3-4-6-19(17)22/h3-7,9,18H,8,10-16H2,1-2H3. The van der Waals surface area contributed by atoms with Crippen molar-refractivity contribution in [1.82, 2.24) is 4.31 Å². The molecule has 0 radical (unpaired) electrons. The first kappa shape index (κ1) is 18.6. The SMILES string of the molecule is CC1(C)C2CCC1(CS(=O)(=O)N1CCC3(C=Cc4ccccc43)CC1)C(=O)C2. The molecule has 1 aromatic rings. The highest BCUT2D eigenvalue weighted by atomic mass is 32.2. The Morgan fingerprint density at radius 2 is 1.82 bits per heavy atom. The Morgan fingerprint density at radius 3 is 2.46 bits per heavy atom. The fourth-order valence-electron chi connectivity index (χ4n) is 6.55. The van der Waals surface area contributed by atoms with Gasteiger partial charge in [-0.15, -0.1) is 0 Å². The smallest absolute Gasteiger partial charge is 0.215 e. The molecule has 150 valence electrons. The van der Waals surface area contributed by atoms with Crippen LogP contribution in [-0.2, 0) is 20.2 Å². The molecule has 2 atom stereocenters. The number of Topliss-reactive ketones (excluding diaryl/α,β-unsaturated/α-hetero) is 1. The topological polar surface area (TPSA) is 54.5 Å². The Hall–Kier alpha value is -1.46. The van der Waals surface area contributed by atoms with Crippen molar-refractivity contribution in [2.24, 2.45) is 16.7 Å². The van der Waals surface area contributed by atoms with Crippen LogP contribution < -0.4 is 0 Å². The molecule has 0 amide bonds. The number of carbonyl (C=O) groups excluding carboxylic acids is 1. The van der Waals surface area contributed by atoms with Crippen molar-refractivity contribution < 1.29 is 13.2 Å². The van der Waals surface area contributed by atoms with Crippen LogP contribution in [0.1, 0.15) is 57.1 Å². The summed E-state index contributed by atoms with van der Waals surface area (Å²) >= 11 is 0. The minimum atomic E-state index is -3.45. The first-order chi connectivity index (χ1) is 13.2. The summed E-state index contributed by atoms with van der Waals surface area (Å²) in [6.45, 7) is 5.29. The maximum absolute atomic E-state index is 13.4. The number of nitrogens with zero attached hydrogens (tertiary/aromatic N) is 1. The van der Waals surface area contributed by atoms with Gasteiger partial charge in [0.15, 0.2) is 0 Å². The molecule has 5 heteroatoms. The molecule has 0 N–H and O–H groups in total. The maximum Gasteiger partial charge on any atom is 0.215 e. The van der Waals surface area contributed by atoms with Crippen molar-refractivity contribution in [2.45, 2.75) is 51.4 Å². The van der Waals surface area contributed by atoms with Gasteiger partial charge in [0.2, 0.25) is 10.0 Å². The van der Waals surface area contributed by atoms with Crippen LogP contribution in [0, 0.1) is 16.7 Å². The summed E-state index contributed by atoms with van der Waals surface area (Å²) in [6.07, 6.45) is 8.35. The average Bonchev–Trinajstić information content (AvgIpc) is 3.19. The predicted molar refractivity (Wildman–Crippen MR) is 110 cm³/mol. The second-order valence-electron chi connectivity index (χ2n) is 9.90. The minimum absolute atomic E-state index is 0.00175. The van der Waals surface area contributed by atoms with Crippen LogP contribution >= 0.6 is 0 Å². The molecule has 3 aliphatic carbocycles. The first-order valence-electron chi connectivity index (χ1n) is 10.5. The lowest BCUT2D eigenvalue weighted by molar-refractivity contribution is -0.128.